The van der Waals surface area contributed by atoms with Gasteiger partial charge in [0, 0.05) is 11.0 Å². The Morgan fingerprint density at radius 3 is 2.67 bits per heavy atom. The van der Waals surface area contributed by atoms with Crippen molar-refractivity contribution in [1.82, 2.24) is 4.72 Å². The first-order valence-electron chi connectivity index (χ1n) is 5.31. The molecule has 0 aliphatic heterocycles. The molecule has 7 heteroatoms. The highest BCUT2D eigenvalue weighted by Crippen LogP contribution is 2.15. The van der Waals surface area contributed by atoms with E-state index < -0.39 is 21.7 Å². The van der Waals surface area contributed by atoms with Gasteiger partial charge in [0.1, 0.15) is 0 Å². The smallest absolute Gasteiger partial charge is 0.322 e. The Bertz CT molecular complexity index is 516. The fourth-order valence-electron chi connectivity index (χ4n) is 1.24. The second-order valence-electron chi connectivity index (χ2n) is 3.48. The van der Waals surface area contributed by atoms with Gasteiger partial charge in [0.05, 0.1) is 6.61 Å². The minimum Gasteiger partial charge on any atom is -0.465 e. The van der Waals surface area contributed by atoms with Gasteiger partial charge in [-0.25, -0.2) is 13.1 Å². The van der Waals surface area contributed by atoms with Crippen LogP contribution < -0.4 is 4.72 Å². The summed E-state index contributed by atoms with van der Waals surface area (Å²) in [5, 5.41) is 0. The Morgan fingerprint density at radius 1 is 1.39 bits per heavy atom. The number of hydrogen-bond acceptors (Lipinski definition) is 4. The zero-order valence-electron chi connectivity index (χ0n) is 9.85. The van der Waals surface area contributed by atoms with E-state index in [9.17, 15) is 13.2 Å². The number of sulfonamides is 1. The van der Waals surface area contributed by atoms with Crippen LogP contribution in [0.25, 0.3) is 0 Å². The molecule has 18 heavy (non-hydrogen) atoms. The molecule has 1 aromatic carbocycles. The average Bonchev–Trinajstić information content (AvgIpc) is 2.27. The van der Waals surface area contributed by atoms with E-state index in [4.69, 9.17) is 0 Å². The van der Waals surface area contributed by atoms with Crippen molar-refractivity contribution in [2.75, 3.05) is 12.4 Å². The van der Waals surface area contributed by atoms with Crippen molar-refractivity contribution in [1.29, 1.82) is 0 Å². The maximum absolute atomic E-state index is 11.6. The van der Waals surface area contributed by atoms with E-state index in [2.05, 4.69) is 25.4 Å². The Morgan fingerprint density at radius 2 is 2.06 bits per heavy atom. The summed E-state index contributed by atoms with van der Waals surface area (Å²) >= 11 is 3.31. The molecule has 0 unspecified atom stereocenters. The lowest BCUT2D eigenvalue weighted by Gasteiger charge is -2.07. The summed E-state index contributed by atoms with van der Waals surface area (Å²) in [6.45, 7) is 1.92. The van der Waals surface area contributed by atoms with Crippen molar-refractivity contribution < 1.29 is 17.9 Å². The van der Waals surface area contributed by atoms with E-state index in [-0.39, 0.29) is 13.2 Å². The van der Waals surface area contributed by atoms with Crippen molar-refractivity contribution in [2.45, 2.75) is 13.5 Å². The standard InChI is InChI=1S/C11H14BrNO4S/c1-2-17-11(14)8-18(15,16)13-7-9-5-3-4-6-10(9)12/h3-6,13H,2,7-8H2,1H3. The third kappa shape index (κ3) is 5.16. The third-order valence-corrected chi connectivity index (χ3v) is 4.03. The summed E-state index contributed by atoms with van der Waals surface area (Å²) in [4.78, 5) is 11.1. The van der Waals surface area contributed by atoms with Crippen molar-refractivity contribution in [3.05, 3.63) is 34.3 Å². The van der Waals surface area contributed by atoms with Gasteiger partial charge in [-0.15, -0.1) is 0 Å². The first-order valence-corrected chi connectivity index (χ1v) is 7.75. The Balaban J connectivity index is 2.57. The van der Waals surface area contributed by atoms with Crippen molar-refractivity contribution in [3.8, 4) is 0 Å². The maximum atomic E-state index is 11.6. The van der Waals surface area contributed by atoms with Gasteiger partial charge in [-0.2, -0.15) is 0 Å². The van der Waals surface area contributed by atoms with E-state index in [0.717, 1.165) is 10.0 Å². The molecule has 0 aliphatic carbocycles. The highest BCUT2D eigenvalue weighted by molar-refractivity contribution is 9.10. The number of hydrogen-bond donors (Lipinski definition) is 1. The van der Waals surface area contributed by atoms with Gasteiger partial charge in [0.25, 0.3) is 0 Å². The van der Waals surface area contributed by atoms with Crippen molar-refractivity contribution >= 4 is 31.9 Å². The minimum absolute atomic E-state index is 0.128. The molecule has 0 heterocycles. The normalized spacial score (nSPS) is 11.2. The van der Waals surface area contributed by atoms with E-state index in [1.165, 1.54) is 0 Å². The van der Waals surface area contributed by atoms with E-state index in [1.807, 2.05) is 12.1 Å². The molecule has 100 valence electrons. The number of halogens is 1. The van der Waals surface area contributed by atoms with E-state index in [0.29, 0.717) is 0 Å². The van der Waals surface area contributed by atoms with Gasteiger partial charge in [-0.3, -0.25) is 4.79 Å². The molecule has 5 nitrogen and oxygen atoms in total. The number of esters is 1. The van der Waals surface area contributed by atoms with Gasteiger partial charge < -0.3 is 4.74 Å². The third-order valence-electron chi connectivity index (χ3n) is 2.05. The Labute approximate surface area is 115 Å². The van der Waals surface area contributed by atoms with Crippen LogP contribution in [0, 0.1) is 0 Å². The molecular weight excluding hydrogens is 322 g/mol. The number of nitrogens with one attached hydrogen (secondary N) is 1. The number of carbonyl (C=O) groups excluding carboxylic acids is 1. The monoisotopic (exact) mass is 335 g/mol. The van der Waals surface area contributed by atoms with Crippen LogP contribution in [-0.2, 0) is 26.1 Å². The summed E-state index contributed by atoms with van der Waals surface area (Å²) < 4.78 is 30.9. The highest BCUT2D eigenvalue weighted by atomic mass is 79.9. The van der Waals surface area contributed by atoms with E-state index in [1.54, 1.807) is 19.1 Å². The molecule has 0 saturated heterocycles. The van der Waals surface area contributed by atoms with Gasteiger partial charge in [-0.05, 0) is 18.6 Å². The molecule has 0 bridgehead atoms. The van der Waals surface area contributed by atoms with Crippen LogP contribution in [0.2, 0.25) is 0 Å². The van der Waals surface area contributed by atoms with Crippen LogP contribution in [-0.4, -0.2) is 26.7 Å². The molecule has 0 aromatic heterocycles. The topological polar surface area (TPSA) is 72.5 Å². The Hall–Kier alpha value is -0.920. The summed E-state index contributed by atoms with van der Waals surface area (Å²) in [6, 6.07) is 7.24. The lowest BCUT2D eigenvalue weighted by molar-refractivity contribution is -0.139. The zero-order chi connectivity index (χ0) is 13.6. The molecule has 0 fully saturated rings. The summed E-state index contributed by atoms with van der Waals surface area (Å²) in [5.41, 5.74) is 0.796. The summed E-state index contributed by atoms with van der Waals surface area (Å²) in [5.74, 6) is -1.41. The number of rotatable bonds is 6. The molecule has 1 aromatic rings. The minimum atomic E-state index is -3.66. The SMILES string of the molecule is CCOC(=O)CS(=O)(=O)NCc1ccccc1Br. The first-order chi connectivity index (χ1) is 8.44. The predicted molar refractivity (Wildman–Crippen MR) is 71.4 cm³/mol. The lowest BCUT2D eigenvalue weighted by Crippen LogP contribution is -2.30. The van der Waals surface area contributed by atoms with E-state index >= 15 is 0 Å². The Kier molecular flexibility index (Phi) is 5.77. The van der Waals surface area contributed by atoms with Crippen LogP contribution in [0.4, 0.5) is 0 Å². The second kappa shape index (κ2) is 6.86. The largest absolute Gasteiger partial charge is 0.465 e. The average molecular weight is 336 g/mol. The molecule has 0 amide bonds. The maximum Gasteiger partial charge on any atom is 0.322 e. The molecular formula is C11H14BrNO4S. The number of ether oxygens (including phenoxy) is 1. The molecule has 1 N–H and O–H groups in total. The molecule has 0 atom stereocenters. The number of benzene rings is 1. The van der Waals surface area contributed by atoms with Crippen LogP contribution >= 0.6 is 15.9 Å². The first kappa shape index (κ1) is 15.1. The molecule has 0 radical (unpaired) electrons. The van der Waals surface area contributed by atoms with Crippen LogP contribution in [0.5, 0.6) is 0 Å². The van der Waals surface area contributed by atoms with Crippen LogP contribution in [0.15, 0.2) is 28.7 Å². The van der Waals surface area contributed by atoms with Gasteiger partial charge >= 0.3 is 5.97 Å². The zero-order valence-corrected chi connectivity index (χ0v) is 12.3. The fourth-order valence-corrected chi connectivity index (χ4v) is 2.53. The van der Waals surface area contributed by atoms with Crippen LogP contribution in [0.3, 0.4) is 0 Å². The van der Waals surface area contributed by atoms with Crippen LogP contribution in [0.1, 0.15) is 12.5 Å². The predicted octanol–water partition coefficient (Wildman–Crippen LogP) is 1.43. The van der Waals surface area contributed by atoms with Gasteiger partial charge in [0.15, 0.2) is 5.75 Å². The van der Waals surface area contributed by atoms with Gasteiger partial charge in [-0.1, -0.05) is 34.1 Å². The van der Waals surface area contributed by atoms with Gasteiger partial charge in [0.2, 0.25) is 10.0 Å². The summed E-state index contributed by atoms with van der Waals surface area (Å²) in [7, 11) is -3.66. The molecule has 0 aliphatic rings. The molecule has 1 rings (SSSR count). The quantitative estimate of drug-likeness (QED) is 0.798. The number of carbonyl (C=O) groups is 1. The summed E-state index contributed by atoms with van der Waals surface area (Å²) in [6.07, 6.45) is 0. The lowest BCUT2D eigenvalue weighted by atomic mass is 10.2. The second-order valence-corrected chi connectivity index (χ2v) is 6.14. The molecule has 0 saturated carbocycles. The molecule has 0 spiro atoms. The van der Waals surface area contributed by atoms with Crippen molar-refractivity contribution in [2.24, 2.45) is 0 Å². The highest BCUT2D eigenvalue weighted by Gasteiger charge is 2.17. The fraction of sp³-hybridized carbons (Fsp3) is 0.364. The van der Waals surface area contributed by atoms with Crippen molar-refractivity contribution in [3.63, 3.8) is 0 Å².